The summed E-state index contributed by atoms with van der Waals surface area (Å²) in [4.78, 5) is 38.8. The first-order valence-electron chi connectivity index (χ1n) is 7.05. The van der Waals surface area contributed by atoms with E-state index in [4.69, 9.17) is 5.73 Å². The zero-order valence-electron chi connectivity index (χ0n) is 11.6. The van der Waals surface area contributed by atoms with Crippen molar-refractivity contribution in [3.8, 4) is 0 Å². The lowest BCUT2D eigenvalue weighted by Crippen LogP contribution is -2.48. The molecule has 1 unspecified atom stereocenters. The number of benzene rings is 1. The largest absolute Gasteiger partial charge is 0.368 e. The molecule has 2 N–H and O–H groups in total. The maximum Gasteiger partial charge on any atom is 0.243 e. The van der Waals surface area contributed by atoms with Crippen molar-refractivity contribution in [2.75, 3.05) is 18.0 Å². The van der Waals surface area contributed by atoms with Crippen LogP contribution in [0.4, 0.5) is 5.69 Å². The number of hydrogen-bond acceptors (Lipinski definition) is 3. The molecule has 1 saturated heterocycles. The average molecular weight is 287 g/mol. The first-order valence-corrected chi connectivity index (χ1v) is 7.05. The molecule has 21 heavy (non-hydrogen) atoms. The quantitative estimate of drug-likeness (QED) is 0.852. The minimum atomic E-state index is -0.537. The van der Waals surface area contributed by atoms with Crippen LogP contribution in [0, 0.1) is 0 Å². The van der Waals surface area contributed by atoms with E-state index in [-0.39, 0.29) is 18.4 Å². The van der Waals surface area contributed by atoms with Crippen LogP contribution in [0.2, 0.25) is 0 Å². The topological polar surface area (TPSA) is 83.7 Å². The summed E-state index contributed by atoms with van der Waals surface area (Å²) in [6.45, 7) is 0.496. The molecule has 1 fully saturated rings. The predicted molar refractivity (Wildman–Crippen MR) is 76.4 cm³/mol. The van der Waals surface area contributed by atoms with Gasteiger partial charge in [-0.1, -0.05) is 18.2 Å². The van der Waals surface area contributed by atoms with E-state index in [1.165, 1.54) is 9.80 Å². The maximum atomic E-state index is 12.4. The molecule has 0 saturated carbocycles. The smallest absolute Gasteiger partial charge is 0.243 e. The second-order valence-corrected chi connectivity index (χ2v) is 5.43. The summed E-state index contributed by atoms with van der Waals surface area (Å²) in [7, 11) is 0. The molecule has 1 atom stereocenters. The van der Waals surface area contributed by atoms with Gasteiger partial charge in [0.05, 0.1) is 6.42 Å². The van der Waals surface area contributed by atoms with Crippen molar-refractivity contribution < 1.29 is 14.4 Å². The minimum Gasteiger partial charge on any atom is -0.368 e. The van der Waals surface area contributed by atoms with E-state index in [9.17, 15) is 14.4 Å². The van der Waals surface area contributed by atoms with Gasteiger partial charge in [-0.05, 0) is 24.5 Å². The monoisotopic (exact) mass is 287 g/mol. The third-order valence-electron chi connectivity index (χ3n) is 4.12. The fraction of sp³-hybridized carbons (Fsp3) is 0.400. The van der Waals surface area contributed by atoms with Gasteiger partial charge in [-0.3, -0.25) is 14.4 Å². The average Bonchev–Trinajstić information content (AvgIpc) is 3.04. The number of primary amides is 1. The van der Waals surface area contributed by atoms with E-state index in [0.717, 1.165) is 17.7 Å². The number of nitrogens with two attached hydrogens (primary N) is 1. The Morgan fingerprint density at radius 1 is 1.29 bits per heavy atom. The van der Waals surface area contributed by atoms with Crippen LogP contribution in [0.1, 0.15) is 18.4 Å². The number of carbonyl (C=O) groups excluding carboxylic acids is 3. The van der Waals surface area contributed by atoms with E-state index in [1.807, 2.05) is 24.3 Å². The van der Waals surface area contributed by atoms with Crippen LogP contribution in [-0.2, 0) is 20.8 Å². The zero-order chi connectivity index (χ0) is 15.0. The van der Waals surface area contributed by atoms with E-state index in [1.54, 1.807) is 0 Å². The molecule has 3 amide bonds. The Labute approximate surface area is 122 Å². The van der Waals surface area contributed by atoms with Crippen LogP contribution in [-0.4, -0.2) is 41.8 Å². The first kappa shape index (κ1) is 13.6. The molecule has 2 aliphatic rings. The zero-order valence-corrected chi connectivity index (χ0v) is 11.6. The van der Waals surface area contributed by atoms with Gasteiger partial charge in [0, 0.05) is 12.2 Å². The Kier molecular flexibility index (Phi) is 3.37. The van der Waals surface area contributed by atoms with E-state index >= 15 is 0 Å². The highest BCUT2D eigenvalue weighted by molar-refractivity contribution is 6.05. The predicted octanol–water partition coefficient (Wildman–Crippen LogP) is 0.0520. The van der Waals surface area contributed by atoms with Crippen molar-refractivity contribution in [3.63, 3.8) is 0 Å². The summed E-state index contributed by atoms with van der Waals surface area (Å²) >= 11 is 0. The van der Waals surface area contributed by atoms with Crippen molar-refractivity contribution in [1.29, 1.82) is 0 Å². The van der Waals surface area contributed by atoms with Crippen molar-refractivity contribution in [3.05, 3.63) is 29.8 Å². The lowest BCUT2D eigenvalue weighted by molar-refractivity contribution is -0.136. The van der Waals surface area contributed by atoms with Crippen molar-refractivity contribution in [1.82, 2.24) is 4.90 Å². The number of hydrogen-bond donors (Lipinski definition) is 1. The molecule has 0 bridgehead atoms. The SMILES string of the molecule is NC(=O)C1CCCN1C(=O)CN1C(=O)Cc2ccccc21. The Morgan fingerprint density at radius 3 is 2.81 bits per heavy atom. The van der Waals surface area contributed by atoms with Crippen molar-refractivity contribution in [2.24, 2.45) is 5.73 Å². The second-order valence-electron chi connectivity index (χ2n) is 5.43. The summed E-state index contributed by atoms with van der Waals surface area (Å²) < 4.78 is 0. The van der Waals surface area contributed by atoms with Crippen LogP contribution in [0.5, 0.6) is 0 Å². The van der Waals surface area contributed by atoms with E-state index < -0.39 is 11.9 Å². The number of anilines is 1. The highest BCUT2D eigenvalue weighted by Crippen LogP contribution is 2.28. The lowest BCUT2D eigenvalue weighted by atomic mass is 10.2. The maximum absolute atomic E-state index is 12.4. The standard InChI is InChI=1S/C15H17N3O3/c16-15(21)12-6-3-7-17(12)14(20)9-18-11-5-2-1-4-10(11)8-13(18)19/h1-2,4-5,12H,3,6-9H2,(H2,16,21). The molecular weight excluding hydrogens is 270 g/mol. The number of nitrogens with zero attached hydrogens (tertiary/aromatic N) is 2. The third-order valence-corrected chi connectivity index (χ3v) is 4.12. The minimum absolute atomic E-state index is 0.0281. The number of amides is 3. The molecule has 6 heteroatoms. The molecular formula is C15H17N3O3. The molecule has 1 aromatic rings. The molecule has 110 valence electrons. The van der Waals surface area contributed by atoms with Gasteiger partial charge in [0.25, 0.3) is 0 Å². The number of likely N-dealkylation sites (tertiary alicyclic amines) is 1. The molecule has 0 aliphatic carbocycles. The molecule has 2 heterocycles. The third kappa shape index (κ3) is 2.37. The number of fused-ring (bicyclic) bond motifs is 1. The van der Waals surface area contributed by atoms with Crippen molar-refractivity contribution in [2.45, 2.75) is 25.3 Å². The van der Waals surface area contributed by atoms with E-state index in [2.05, 4.69) is 0 Å². The fourth-order valence-electron chi connectivity index (χ4n) is 3.08. The van der Waals surface area contributed by atoms with Gasteiger partial charge in [-0.2, -0.15) is 0 Å². The van der Waals surface area contributed by atoms with Gasteiger partial charge >= 0.3 is 0 Å². The number of rotatable bonds is 3. The van der Waals surface area contributed by atoms with Gasteiger partial charge in [0.2, 0.25) is 17.7 Å². The molecule has 1 aromatic carbocycles. The highest BCUT2D eigenvalue weighted by atomic mass is 16.2. The summed E-state index contributed by atoms with van der Waals surface area (Å²) in [5.41, 5.74) is 7.04. The Hall–Kier alpha value is -2.37. The lowest BCUT2D eigenvalue weighted by Gasteiger charge is -2.25. The van der Waals surface area contributed by atoms with Crippen LogP contribution < -0.4 is 10.6 Å². The first-order chi connectivity index (χ1) is 10.1. The van der Waals surface area contributed by atoms with Gasteiger partial charge in [-0.15, -0.1) is 0 Å². The van der Waals surface area contributed by atoms with Gasteiger partial charge in [0.1, 0.15) is 12.6 Å². The van der Waals surface area contributed by atoms with Crippen LogP contribution >= 0.6 is 0 Å². The summed E-state index contributed by atoms with van der Waals surface area (Å²) in [5.74, 6) is -0.783. The second kappa shape index (κ2) is 5.20. The number of para-hydroxylation sites is 1. The van der Waals surface area contributed by atoms with Crippen molar-refractivity contribution >= 4 is 23.4 Å². The molecule has 6 nitrogen and oxygen atoms in total. The van der Waals surface area contributed by atoms with Crippen LogP contribution in [0.25, 0.3) is 0 Å². The Bertz CT molecular complexity index is 614. The molecule has 0 spiro atoms. The van der Waals surface area contributed by atoms with Crippen LogP contribution in [0.15, 0.2) is 24.3 Å². The van der Waals surface area contributed by atoms with Gasteiger partial charge in [0.15, 0.2) is 0 Å². The van der Waals surface area contributed by atoms with Crippen LogP contribution in [0.3, 0.4) is 0 Å². The van der Waals surface area contributed by atoms with E-state index in [0.29, 0.717) is 19.4 Å². The number of carbonyl (C=O) groups is 3. The van der Waals surface area contributed by atoms with Gasteiger partial charge < -0.3 is 15.5 Å². The Morgan fingerprint density at radius 2 is 2.05 bits per heavy atom. The molecule has 0 radical (unpaired) electrons. The molecule has 3 rings (SSSR count). The molecule has 2 aliphatic heterocycles. The summed E-state index contributed by atoms with van der Waals surface area (Å²) in [6.07, 6.45) is 1.69. The molecule has 0 aromatic heterocycles. The Balaban J connectivity index is 1.76. The van der Waals surface area contributed by atoms with Gasteiger partial charge in [-0.25, -0.2) is 0 Å². The summed E-state index contributed by atoms with van der Waals surface area (Å²) in [6, 6.07) is 6.91. The fourth-order valence-corrected chi connectivity index (χ4v) is 3.08. The normalized spacial score (nSPS) is 20.8. The summed E-state index contributed by atoms with van der Waals surface area (Å²) in [5, 5.41) is 0. The highest BCUT2D eigenvalue weighted by Gasteiger charge is 2.35.